The van der Waals surface area contributed by atoms with Gasteiger partial charge in [-0.2, -0.15) is 0 Å². The smallest absolute Gasteiger partial charge is 0.326 e. The van der Waals surface area contributed by atoms with Gasteiger partial charge in [0.1, 0.15) is 6.54 Å². The molecule has 1 fully saturated rings. The first kappa shape index (κ1) is 22.4. The summed E-state index contributed by atoms with van der Waals surface area (Å²) in [4.78, 5) is 27.7. The highest BCUT2D eigenvalue weighted by atomic mass is 35.5. The van der Waals surface area contributed by atoms with Crippen LogP contribution in [0.15, 0.2) is 12.1 Å². The Labute approximate surface area is 169 Å². The standard InChI is InChI=1S/C17H25ClN4O5S/c1-12(2)8-22(13-6-7-28(25,26)11-13)16(23)10-27-17(24)9-21(3)15-5-4-14(18)19-20-15/h4-5,12-13H,6-11H2,1-3H3. The number of halogens is 1. The van der Waals surface area contributed by atoms with Crippen LogP contribution in [0.3, 0.4) is 0 Å². The van der Waals surface area contributed by atoms with Crippen molar-refractivity contribution in [3.05, 3.63) is 17.3 Å². The second-order valence-electron chi connectivity index (χ2n) is 7.23. The normalized spacial score (nSPS) is 18.1. The SMILES string of the molecule is CC(C)CN(C(=O)COC(=O)CN(C)c1ccc(Cl)nn1)C1CCS(=O)(=O)C1. The summed E-state index contributed by atoms with van der Waals surface area (Å²) >= 11 is 5.68. The average Bonchev–Trinajstić information content (AvgIpc) is 2.97. The molecule has 1 aromatic rings. The van der Waals surface area contributed by atoms with Gasteiger partial charge in [-0.15, -0.1) is 10.2 Å². The minimum atomic E-state index is -3.12. The summed E-state index contributed by atoms with van der Waals surface area (Å²) in [6, 6.07) is 2.79. The fourth-order valence-electron chi connectivity index (χ4n) is 2.93. The number of anilines is 1. The molecule has 1 saturated heterocycles. The minimum absolute atomic E-state index is 0.0443. The molecule has 0 bridgehead atoms. The van der Waals surface area contributed by atoms with Crippen LogP contribution in [0.4, 0.5) is 5.82 Å². The molecule has 1 amide bonds. The second kappa shape index (κ2) is 9.51. The van der Waals surface area contributed by atoms with Crippen LogP contribution in [-0.2, 0) is 24.2 Å². The molecule has 156 valence electrons. The molecule has 1 aliphatic heterocycles. The number of ether oxygens (including phenoxy) is 1. The van der Waals surface area contributed by atoms with E-state index in [1.807, 2.05) is 13.8 Å². The number of hydrogen-bond acceptors (Lipinski definition) is 8. The molecule has 0 radical (unpaired) electrons. The Hall–Kier alpha value is -1.94. The maximum Gasteiger partial charge on any atom is 0.326 e. The molecule has 0 aromatic carbocycles. The van der Waals surface area contributed by atoms with Crippen molar-refractivity contribution in [1.82, 2.24) is 15.1 Å². The Morgan fingerprint density at radius 2 is 2.04 bits per heavy atom. The van der Waals surface area contributed by atoms with Crippen molar-refractivity contribution in [3.8, 4) is 0 Å². The maximum absolute atomic E-state index is 12.6. The number of likely N-dealkylation sites (N-methyl/N-ethyl adjacent to an activating group) is 1. The molecule has 28 heavy (non-hydrogen) atoms. The van der Waals surface area contributed by atoms with E-state index in [1.165, 1.54) is 9.80 Å². The summed E-state index contributed by atoms with van der Waals surface area (Å²) in [6.07, 6.45) is 0.409. The van der Waals surface area contributed by atoms with Gasteiger partial charge < -0.3 is 14.5 Å². The van der Waals surface area contributed by atoms with Crippen LogP contribution in [0, 0.1) is 5.92 Å². The van der Waals surface area contributed by atoms with Crippen LogP contribution in [0.5, 0.6) is 0 Å². The predicted octanol–water partition coefficient (Wildman–Crippen LogP) is 0.781. The lowest BCUT2D eigenvalue weighted by atomic mass is 10.1. The molecule has 1 atom stereocenters. The summed E-state index contributed by atoms with van der Waals surface area (Å²) in [5.41, 5.74) is 0. The van der Waals surface area contributed by atoms with Crippen LogP contribution < -0.4 is 4.90 Å². The third-order valence-corrected chi connectivity index (χ3v) is 6.22. The number of sulfone groups is 1. The largest absolute Gasteiger partial charge is 0.454 e. The fraction of sp³-hybridized carbons (Fsp3) is 0.647. The van der Waals surface area contributed by atoms with Crippen LogP contribution in [0.2, 0.25) is 5.15 Å². The number of carbonyl (C=O) groups is 2. The molecule has 2 heterocycles. The molecule has 0 aliphatic carbocycles. The van der Waals surface area contributed by atoms with Gasteiger partial charge in [0.25, 0.3) is 5.91 Å². The lowest BCUT2D eigenvalue weighted by molar-refractivity contribution is -0.152. The Morgan fingerprint density at radius 3 is 2.57 bits per heavy atom. The molecule has 9 nitrogen and oxygen atoms in total. The molecule has 1 unspecified atom stereocenters. The summed E-state index contributed by atoms with van der Waals surface area (Å²) in [6.45, 7) is 3.75. The number of hydrogen-bond donors (Lipinski definition) is 0. The number of nitrogens with zero attached hydrogens (tertiary/aromatic N) is 4. The zero-order valence-electron chi connectivity index (χ0n) is 16.2. The summed E-state index contributed by atoms with van der Waals surface area (Å²) < 4.78 is 28.6. The highest BCUT2D eigenvalue weighted by Crippen LogP contribution is 2.19. The van der Waals surface area contributed by atoms with Crippen molar-refractivity contribution in [2.45, 2.75) is 26.3 Å². The van der Waals surface area contributed by atoms with Gasteiger partial charge in [0, 0.05) is 19.6 Å². The molecule has 2 rings (SSSR count). The number of rotatable bonds is 8. The average molecular weight is 433 g/mol. The highest BCUT2D eigenvalue weighted by Gasteiger charge is 2.35. The molecular weight excluding hydrogens is 408 g/mol. The van der Waals surface area contributed by atoms with E-state index in [0.717, 1.165) is 0 Å². The number of esters is 1. The van der Waals surface area contributed by atoms with E-state index in [0.29, 0.717) is 18.8 Å². The van der Waals surface area contributed by atoms with Gasteiger partial charge in [-0.3, -0.25) is 9.59 Å². The lowest BCUT2D eigenvalue weighted by Crippen LogP contribution is -2.45. The quantitative estimate of drug-likeness (QED) is 0.554. The molecule has 11 heteroatoms. The van der Waals surface area contributed by atoms with Gasteiger partial charge in [-0.05, 0) is 24.5 Å². The summed E-state index contributed by atoms with van der Waals surface area (Å²) in [5, 5.41) is 7.80. The third-order valence-electron chi connectivity index (χ3n) is 4.26. The van der Waals surface area contributed by atoms with Gasteiger partial charge in [-0.25, -0.2) is 8.42 Å². The first-order valence-corrected chi connectivity index (χ1v) is 11.1. The Morgan fingerprint density at radius 1 is 1.32 bits per heavy atom. The lowest BCUT2D eigenvalue weighted by Gasteiger charge is -2.29. The van der Waals surface area contributed by atoms with Crippen LogP contribution in [-0.4, -0.2) is 79.7 Å². The summed E-state index contributed by atoms with van der Waals surface area (Å²) in [5.74, 6) is -0.360. The maximum atomic E-state index is 12.6. The molecule has 1 aliphatic rings. The number of aromatic nitrogens is 2. The van der Waals surface area contributed by atoms with Crippen LogP contribution in [0.1, 0.15) is 20.3 Å². The highest BCUT2D eigenvalue weighted by molar-refractivity contribution is 7.91. The first-order chi connectivity index (χ1) is 13.1. The number of carbonyl (C=O) groups excluding carboxylic acids is 2. The Bertz CT molecular complexity index is 800. The zero-order chi connectivity index (χ0) is 20.9. The third kappa shape index (κ3) is 6.59. The van der Waals surface area contributed by atoms with Gasteiger partial charge >= 0.3 is 5.97 Å². The van der Waals surface area contributed by atoms with Crippen molar-refractivity contribution in [2.24, 2.45) is 5.92 Å². The van der Waals surface area contributed by atoms with E-state index in [2.05, 4.69) is 10.2 Å². The van der Waals surface area contributed by atoms with E-state index >= 15 is 0 Å². The molecule has 0 N–H and O–H groups in total. The zero-order valence-corrected chi connectivity index (χ0v) is 17.7. The van der Waals surface area contributed by atoms with Crippen molar-refractivity contribution in [2.75, 3.05) is 43.1 Å². The van der Waals surface area contributed by atoms with Crippen molar-refractivity contribution in [3.63, 3.8) is 0 Å². The topological polar surface area (TPSA) is 110 Å². The van der Waals surface area contributed by atoms with Crippen molar-refractivity contribution >= 4 is 39.1 Å². The van der Waals surface area contributed by atoms with Gasteiger partial charge in [-0.1, -0.05) is 25.4 Å². The minimum Gasteiger partial charge on any atom is -0.454 e. The molecule has 0 spiro atoms. The fourth-order valence-corrected chi connectivity index (χ4v) is 4.76. The van der Waals surface area contributed by atoms with E-state index in [9.17, 15) is 18.0 Å². The number of amides is 1. The monoisotopic (exact) mass is 432 g/mol. The molecule has 1 aromatic heterocycles. The predicted molar refractivity (Wildman–Crippen MR) is 105 cm³/mol. The second-order valence-corrected chi connectivity index (χ2v) is 9.84. The molecule has 0 saturated carbocycles. The Balaban J connectivity index is 1.90. The Kier molecular flexibility index (Phi) is 7.59. The van der Waals surface area contributed by atoms with Crippen molar-refractivity contribution in [1.29, 1.82) is 0 Å². The first-order valence-electron chi connectivity index (χ1n) is 8.93. The van der Waals surface area contributed by atoms with Crippen molar-refractivity contribution < 1.29 is 22.7 Å². The molecular formula is C17H25ClN4O5S. The van der Waals surface area contributed by atoms with Crippen LogP contribution >= 0.6 is 11.6 Å². The van der Waals surface area contributed by atoms with Gasteiger partial charge in [0.2, 0.25) is 0 Å². The van der Waals surface area contributed by atoms with Gasteiger partial charge in [0.15, 0.2) is 27.4 Å². The van der Waals surface area contributed by atoms with E-state index < -0.39 is 28.3 Å². The van der Waals surface area contributed by atoms with Gasteiger partial charge in [0.05, 0.1) is 11.5 Å². The summed E-state index contributed by atoms with van der Waals surface area (Å²) in [7, 11) is -1.49. The van der Waals surface area contributed by atoms with Crippen LogP contribution in [0.25, 0.3) is 0 Å². The van der Waals surface area contributed by atoms with E-state index in [1.54, 1.807) is 19.2 Å². The van der Waals surface area contributed by atoms with E-state index in [4.69, 9.17) is 16.3 Å². The van der Waals surface area contributed by atoms with E-state index in [-0.39, 0.29) is 35.2 Å².